The first-order valence-electron chi connectivity index (χ1n) is 5.85. The molecule has 0 saturated heterocycles. The van der Waals surface area contributed by atoms with Gasteiger partial charge in [-0.3, -0.25) is 4.98 Å². The summed E-state index contributed by atoms with van der Waals surface area (Å²) >= 11 is 0. The van der Waals surface area contributed by atoms with Crippen molar-refractivity contribution >= 4 is 15.7 Å². The summed E-state index contributed by atoms with van der Waals surface area (Å²) in [5.74, 6) is 0.251. The van der Waals surface area contributed by atoms with Crippen LogP contribution in [0.1, 0.15) is 5.56 Å². The van der Waals surface area contributed by atoms with Crippen molar-refractivity contribution < 1.29 is 13.2 Å². The highest BCUT2D eigenvalue weighted by molar-refractivity contribution is 7.89. The third kappa shape index (κ3) is 3.25. The second-order valence-corrected chi connectivity index (χ2v) is 5.83. The third-order valence-electron chi connectivity index (χ3n) is 2.69. The zero-order valence-corrected chi connectivity index (χ0v) is 11.7. The van der Waals surface area contributed by atoms with E-state index in [4.69, 9.17) is 10.5 Å². The van der Waals surface area contributed by atoms with E-state index in [1.165, 1.54) is 19.2 Å². The van der Waals surface area contributed by atoms with Gasteiger partial charge in [0.15, 0.2) is 0 Å². The number of aromatic nitrogens is 1. The van der Waals surface area contributed by atoms with Crippen molar-refractivity contribution in [2.24, 2.45) is 0 Å². The normalized spacial score (nSPS) is 11.2. The molecule has 0 unspecified atom stereocenters. The summed E-state index contributed by atoms with van der Waals surface area (Å²) in [6.07, 6.45) is 3.20. The smallest absolute Gasteiger partial charge is 0.244 e. The van der Waals surface area contributed by atoms with Gasteiger partial charge in [0.05, 0.1) is 7.11 Å². The van der Waals surface area contributed by atoms with E-state index in [9.17, 15) is 8.42 Å². The first kappa shape index (κ1) is 14.3. The van der Waals surface area contributed by atoms with Gasteiger partial charge in [-0.05, 0) is 35.9 Å². The average Bonchev–Trinajstić information content (AvgIpc) is 2.46. The third-order valence-corrected chi connectivity index (χ3v) is 4.12. The number of nitrogens with two attached hydrogens (primary N) is 1. The number of nitrogens with one attached hydrogen (secondary N) is 1. The molecule has 1 heterocycles. The maximum Gasteiger partial charge on any atom is 0.244 e. The van der Waals surface area contributed by atoms with Crippen LogP contribution in [-0.4, -0.2) is 20.5 Å². The molecule has 0 aliphatic heterocycles. The molecule has 20 heavy (non-hydrogen) atoms. The largest absolute Gasteiger partial charge is 0.495 e. The molecule has 0 aliphatic carbocycles. The maximum atomic E-state index is 12.3. The Labute approximate surface area is 117 Å². The van der Waals surface area contributed by atoms with Crippen LogP contribution in [0.2, 0.25) is 0 Å². The van der Waals surface area contributed by atoms with Gasteiger partial charge in [-0.2, -0.15) is 0 Å². The van der Waals surface area contributed by atoms with Crippen molar-refractivity contribution in [1.29, 1.82) is 0 Å². The van der Waals surface area contributed by atoms with E-state index >= 15 is 0 Å². The standard InChI is InChI=1S/C13H15N3O3S/c1-19-12-3-2-11(14)8-13(12)20(17,18)16-9-10-4-6-15-7-5-10/h2-8,16H,9,14H2,1H3. The number of benzene rings is 1. The second kappa shape index (κ2) is 5.89. The lowest BCUT2D eigenvalue weighted by Gasteiger charge is -2.11. The summed E-state index contributed by atoms with van der Waals surface area (Å²) in [5, 5.41) is 0. The van der Waals surface area contributed by atoms with Gasteiger partial charge in [0.1, 0.15) is 10.6 Å². The summed E-state index contributed by atoms with van der Waals surface area (Å²) in [7, 11) is -2.29. The molecule has 1 aromatic heterocycles. The van der Waals surface area contributed by atoms with Crippen LogP contribution in [0.5, 0.6) is 5.75 Å². The first-order chi connectivity index (χ1) is 9.53. The number of anilines is 1. The van der Waals surface area contributed by atoms with Crippen LogP contribution in [0.15, 0.2) is 47.6 Å². The summed E-state index contributed by atoms with van der Waals surface area (Å²) in [6, 6.07) is 7.95. The SMILES string of the molecule is COc1ccc(N)cc1S(=O)(=O)NCc1ccncc1. The fourth-order valence-electron chi connectivity index (χ4n) is 1.66. The molecule has 0 fully saturated rings. The number of methoxy groups -OCH3 is 1. The fraction of sp³-hybridized carbons (Fsp3) is 0.154. The molecule has 0 spiro atoms. The van der Waals surface area contributed by atoms with Crippen molar-refractivity contribution in [1.82, 2.24) is 9.71 Å². The predicted molar refractivity (Wildman–Crippen MR) is 75.7 cm³/mol. The molecule has 0 saturated carbocycles. The topological polar surface area (TPSA) is 94.3 Å². The minimum absolute atomic E-state index is 0.0223. The van der Waals surface area contributed by atoms with Crippen LogP contribution < -0.4 is 15.2 Å². The summed E-state index contributed by atoms with van der Waals surface area (Å²) in [5.41, 5.74) is 6.80. The van der Waals surface area contributed by atoms with Crippen LogP contribution in [0.3, 0.4) is 0 Å². The van der Waals surface area contributed by atoms with Gasteiger partial charge in [-0.25, -0.2) is 13.1 Å². The fourth-order valence-corrected chi connectivity index (χ4v) is 2.88. The number of rotatable bonds is 5. The molecule has 0 bridgehead atoms. The monoisotopic (exact) mass is 293 g/mol. The zero-order chi connectivity index (χ0) is 14.6. The molecule has 6 nitrogen and oxygen atoms in total. The maximum absolute atomic E-state index is 12.3. The molecule has 0 aliphatic rings. The average molecular weight is 293 g/mol. The number of hydrogen-bond acceptors (Lipinski definition) is 5. The highest BCUT2D eigenvalue weighted by Crippen LogP contribution is 2.25. The predicted octanol–water partition coefficient (Wildman–Crippen LogP) is 1.15. The Morgan fingerprint density at radius 1 is 1.25 bits per heavy atom. The first-order valence-corrected chi connectivity index (χ1v) is 7.33. The van der Waals surface area contributed by atoms with E-state index in [2.05, 4.69) is 9.71 Å². The van der Waals surface area contributed by atoms with E-state index < -0.39 is 10.0 Å². The van der Waals surface area contributed by atoms with E-state index in [0.717, 1.165) is 5.56 Å². The van der Waals surface area contributed by atoms with Gasteiger partial charge in [-0.15, -0.1) is 0 Å². The lowest BCUT2D eigenvalue weighted by atomic mass is 10.3. The summed E-state index contributed by atoms with van der Waals surface area (Å²) < 4.78 is 32.1. The Hall–Kier alpha value is -2.12. The van der Waals surface area contributed by atoms with Crippen molar-refractivity contribution in [3.63, 3.8) is 0 Å². The lowest BCUT2D eigenvalue weighted by molar-refractivity contribution is 0.402. The number of hydrogen-bond donors (Lipinski definition) is 2. The van der Waals surface area contributed by atoms with Crippen LogP contribution in [0.25, 0.3) is 0 Å². The number of ether oxygens (including phenoxy) is 1. The Morgan fingerprint density at radius 3 is 2.60 bits per heavy atom. The molecule has 1 aromatic carbocycles. The number of nitrogen functional groups attached to an aromatic ring is 1. The summed E-state index contributed by atoms with van der Waals surface area (Å²) in [4.78, 5) is 3.90. The highest BCUT2D eigenvalue weighted by Gasteiger charge is 2.19. The number of nitrogens with zero attached hydrogens (tertiary/aromatic N) is 1. The zero-order valence-electron chi connectivity index (χ0n) is 10.9. The van der Waals surface area contributed by atoms with Crippen molar-refractivity contribution in [3.05, 3.63) is 48.3 Å². The number of pyridine rings is 1. The van der Waals surface area contributed by atoms with Gasteiger partial charge >= 0.3 is 0 Å². The Morgan fingerprint density at radius 2 is 1.95 bits per heavy atom. The summed E-state index contributed by atoms with van der Waals surface area (Å²) in [6.45, 7) is 0.169. The van der Waals surface area contributed by atoms with Crippen LogP contribution in [0, 0.1) is 0 Å². The Balaban J connectivity index is 2.24. The molecule has 2 rings (SSSR count). The molecular formula is C13H15N3O3S. The van der Waals surface area contributed by atoms with Crippen molar-refractivity contribution in [2.45, 2.75) is 11.4 Å². The molecule has 7 heteroatoms. The minimum atomic E-state index is -3.70. The Bertz CT molecular complexity index is 687. The van der Waals surface area contributed by atoms with Gasteiger partial charge in [0, 0.05) is 24.6 Å². The van der Waals surface area contributed by atoms with E-state index in [1.54, 1.807) is 30.6 Å². The molecule has 0 atom stereocenters. The van der Waals surface area contributed by atoms with Crippen molar-refractivity contribution in [2.75, 3.05) is 12.8 Å². The van der Waals surface area contributed by atoms with Crippen molar-refractivity contribution in [3.8, 4) is 5.75 Å². The second-order valence-electron chi connectivity index (χ2n) is 4.09. The molecule has 2 aromatic rings. The van der Waals surface area contributed by atoms with Gasteiger partial charge in [0.2, 0.25) is 10.0 Å². The molecule has 106 valence electrons. The van der Waals surface area contributed by atoms with Gasteiger partial charge < -0.3 is 10.5 Å². The van der Waals surface area contributed by atoms with Crippen LogP contribution in [-0.2, 0) is 16.6 Å². The Kier molecular flexibility index (Phi) is 4.21. The molecule has 3 N–H and O–H groups in total. The molecule has 0 amide bonds. The van der Waals surface area contributed by atoms with Gasteiger partial charge in [-0.1, -0.05) is 0 Å². The van der Waals surface area contributed by atoms with Crippen LogP contribution in [0.4, 0.5) is 5.69 Å². The number of sulfonamides is 1. The van der Waals surface area contributed by atoms with E-state index in [1.807, 2.05) is 0 Å². The minimum Gasteiger partial charge on any atom is -0.495 e. The van der Waals surface area contributed by atoms with Crippen LogP contribution >= 0.6 is 0 Å². The highest BCUT2D eigenvalue weighted by atomic mass is 32.2. The molecule has 0 radical (unpaired) electrons. The quantitative estimate of drug-likeness (QED) is 0.806. The molecular weight excluding hydrogens is 278 g/mol. The lowest BCUT2D eigenvalue weighted by Crippen LogP contribution is -2.23. The van der Waals surface area contributed by atoms with E-state index in [0.29, 0.717) is 5.69 Å². The van der Waals surface area contributed by atoms with E-state index in [-0.39, 0.29) is 17.2 Å². The van der Waals surface area contributed by atoms with Gasteiger partial charge in [0.25, 0.3) is 0 Å².